The lowest BCUT2D eigenvalue weighted by Gasteiger charge is -2.07. The average molecular weight is 337 g/mol. The van der Waals surface area contributed by atoms with E-state index in [-0.39, 0.29) is 5.91 Å². The highest BCUT2D eigenvalue weighted by Gasteiger charge is 2.12. The second kappa shape index (κ2) is 5.51. The highest BCUT2D eigenvalue weighted by atomic mass is 35.5. The summed E-state index contributed by atoms with van der Waals surface area (Å²) < 4.78 is 6.43. The first-order valence-corrected chi connectivity index (χ1v) is 7.07. The molecule has 0 atom stereocenters. The van der Waals surface area contributed by atoms with Crippen molar-refractivity contribution in [3.05, 3.63) is 62.6 Å². The van der Waals surface area contributed by atoms with E-state index in [0.717, 1.165) is 0 Å². The van der Waals surface area contributed by atoms with Crippen molar-refractivity contribution >= 4 is 45.9 Å². The van der Waals surface area contributed by atoms with Gasteiger partial charge in [0.05, 0.1) is 16.2 Å². The van der Waals surface area contributed by atoms with Gasteiger partial charge in [0.2, 0.25) is 0 Å². The third-order valence-corrected chi connectivity index (χ3v) is 3.80. The second-order valence-corrected chi connectivity index (χ2v) is 5.53. The van der Waals surface area contributed by atoms with E-state index >= 15 is 0 Å². The van der Waals surface area contributed by atoms with Crippen LogP contribution in [0.1, 0.15) is 10.4 Å². The van der Waals surface area contributed by atoms with Gasteiger partial charge in [0.25, 0.3) is 5.91 Å². The molecule has 0 unspecified atom stereocenters. The minimum atomic E-state index is -0.481. The summed E-state index contributed by atoms with van der Waals surface area (Å²) in [5.74, 6) is -0.858. The second-order valence-electron chi connectivity index (χ2n) is 4.69. The molecular formula is C15H10Cl2N2O3. The fourth-order valence-corrected chi connectivity index (χ4v) is 2.40. The van der Waals surface area contributed by atoms with E-state index in [2.05, 4.69) is 5.32 Å². The summed E-state index contributed by atoms with van der Waals surface area (Å²) in [4.78, 5) is 23.7. The smallest absolute Gasteiger partial charge is 0.408 e. The van der Waals surface area contributed by atoms with Crippen LogP contribution in [0.5, 0.6) is 0 Å². The van der Waals surface area contributed by atoms with Crippen LogP contribution in [-0.2, 0) is 7.05 Å². The van der Waals surface area contributed by atoms with Crippen LogP contribution >= 0.6 is 23.2 Å². The number of nitrogens with zero attached hydrogens (tertiary/aromatic N) is 1. The Balaban J connectivity index is 1.95. The summed E-state index contributed by atoms with van der Waals surface area (Å²) in [6, 6.07) is 9.54. The molecule has 0 aliphatic carbocycles. The molecule has 7 heteroatoms. The lowest BCUT2D eigenvalue weighted by atomic mass is 10.2. The number of amides is 1. The van der Waals surface area contributed by atoms with Crippen molar-refractivity contribution in [1.82, 2.24) is 4.57 Å². The summed E-state index contributed by atoms with van der Waals surface area (Å²) >= 11 is 11.9. The fourth-order valence-electron chi connectivity index (χ4n) is 2.06. The lowest BCUT2D eigenvalue weighted by molar-refractivity contribution is 0.102. The Morgan fingerprint density at radius 1 is 1.18 bits per heavy atom. The number of aryl methyl sites for hydroxylation is 1. The van der Waals surface area contributed by atoms with Gasteiger partial charge in [-0.2, -0.15) is 0 Å². The Morgan fingerprint density at radius 3 is 2.73 bits per heavy atom. The van der Waals surface area contributed by atoms with E-state index in [1.807, 2.05) is 0 Å². The molecule has 1 amide bonds. The number of carbonyl (C=O) groups excluding carboxylic acids is 1. The summed E-state index contributed by atoms with van der Waals surface area (Å²) in [6.07, 6.45) is 0. The van der Waals surface area contributed by atoms with E-state index in [1.54, 1.807) is 37.4 Å². The maximum Gasteiger partial charge on any atom is 0.419 e. The van der Waals surface area contributed by atoms with Crippen molar-refractivity contribution in [2.75, 3.05) is 5.32 Å². The molecule has 1 aromatic heterocycles. The van der Waals surface area contributed by atoms with E-state index in [9.17, 15) is 9.59 Å². The molecule has 0 fully saturated rings. The van der Waals surface area contributed by atoms with E-state index in [4.69, 9.17) is 27.6 Å². The number of halogens is 2. The molecule has 0 saturated carbocycles. The monoisotopic (exact) mass is 336 g/mol. The standard InChI is InChI=1S/C15H10Cl2N2O3/c1-19-12-5-2-8(6-13(12)22-15(19)21)14(20)18-11-7-9(16)3-4-10(11)17/h2-7H,1H3,(H,18,20). The number of hydrogen-bond donors (Lipinski definition) is 1. The molecule has 1 N–H and O–H groups in total. The predicted molar refractivity (Wildman–Crippen MR) is 85.9 cm³/mol. The number of carbonyl (C=O) groups is 1. The quantitative estimate of drug-likeness (QED) is 0.776. The van der Waals surface area contributed by atoms with Crippen molar-refractivity contribution in [3.8, 4) is 0 Å². The average Bonchev–Trinajstić information content (AvgIpc) is 2.77. The predicted octanol–water partition coefficient (Wildman–Crippen LogP) is 3.69. The van der Waals surface area contributed by atoms with Gasteiger partial charge < -0.3 is 9.73 Å². The molecule has 3 rings (SSSR count). The third-order valence-electron chi connectivity index (χ3n) is 3.23. The summed E-state index contributed by atoms with van der Waals surface area (Å²) in [7, 11) is 1.60. The molecule has 0 bridgehead atoms. The number of anilines is 1. The molecule has 22 heavy (non-hydrogen) atoms. The van der Waals surface area contributed by atoms with Crippen LogP contribution in [0.15, 0.2) is 45.6 Å². The van der Waals surface area contributed by atoms with E-state index < -0.39 is 5.76 Å². The Bertz CT molecular complexity index is 944. The highest BCUT2D eigenvalue weighted by Crippen LogP contribution is 2.26. The molecule has 2 aromatic carbocycles. The molecule has 1 heterocycles. The van der Waals surface area contributed by atoms with E-state index in [0.29, 0.717) is 32.4 Å². The van der Waals surface area contributed by atoms with Crippen LogP contribution in [0.4, 0.5) is 5.69 Å². The topological polar surface area (TPSA) is 64.2 Å². The van der Waals surface area contributed by atoms with Gasteiger partial charge in [-0.05, 0) is 36.4 Å². The Morgan fingerprint density at radius 2 is 1.95 bits per heavy atom. The van der Waals surface area contributed by atoms with Gasteiger partial charge in [0.1, 0.15) is 0 Å². The Hall–Kier alpha value is -2.24. The van der Waals surface area contributed by atoms with Crippen LogP contribution in [0.3, 0.4) is 0 Å². The highest BCUT2D eigenvalue weighted by molar-refractivity contribution is 6.35. The third kappa shape index (κ3) is 2.61. The molecule has 0 aliphatic rings. The summed E-state index contributed by atoms with van der Waals surface area (Å²) in [5, 5.41) is 3.51. The summed E-state index contributed by atoms with van der Waals surface area (Å²) in [6.45, 7) is 0. The number of oxazole rings is 1. The van der Waals surface area contributed by atoms with Crippen LogP contribution in [0.25, 0.3) is 11.1 Å². The zero-order valence-electron chi connectivity index (χ0n) is 11.4. The fraction of sp³-hybridized carbons (Fsp3) is 0.0667. The first kappa shape index (κ1) is 14.7. The maximum absolute atomic E-state index is 12.3. The molecule has 0 spiro atoms. The Labute approximate surface area is 135 Å². The lowest BCUT2D eigenvalue weighted by Crippen LogP contribution is -2.12. The normalized spacial score (nSPS) is 10.9. The zero-order chi connectivity index (χ0) is 15.9. The molecule has 0 aliphatic heterocycles. The van der Waals surface area contributed by atoms with Gasteiger partial charge in [-0.3, -0.25) is 9.36 Å². The zero-order valence-corrected chi connectivity index (χ0v) is 12.9. The number of hydrogen-bond acceptors (Lipinski definition) is 3. The largest absolute Gasteiger partial charge is 0.419 e. The summed E-state index contributed by atoms with van der Waals surface area (Å²) in [5.41, 5.74) is 1.71. The molecule has 5 nitrogen and oxygen atoms in total. The molecule has 3 aromatic rings. The maximum atomic E-state index is 12.3. The number of benzene rings is 2. The van der Waals surface area contributed by atoms with Gasteiger partial charge in [0, 0.05) is 17.6 Å². The minimum Gasteiger partial charge on any atom is -0.408 e. The Kier molecular flexibility index (Phi) is 3.68. The van der Waals surface area contributed by atoms with Crippen LogP contribution in [0, 0.1) is 0 Å². The van der Waals surface area contributed by atoms with Crippen molar-refractivity contribution in [1.29, 1.82) is 0 Å². The SMILES string of the molecule is Cn1c(=O)oc2cc(C(=O)Nc3cc(Cl)ccc3Cl)ccc21. The number of aromatic nitrogens is 1. The number of rotatable bonds is 2. The first-order valence-electron chi connectivity index (χ1n) is 6.31. The molecule has 0 saturated heterocycles. The molecular weight excluding hydrogens is 327 g/mol. The van der Waals surface area contributed by atoms with Gasteiger partial charge in [-0.15, -0.1) is 0 Å². The van der Waals surface area contributed by atoms with Gasteiger partial charge >= 0.3 is 5.76 Å². The van der Waals surface area contributed by atoms with Crippen molar-refractivity contribution in [2.45, 2.75) is 0 Å². The molecule has 112 valence electrons. The number of fused-ring (bicyclic) bond motifs is 1. The van der Waals surface area contributed by atoms with Crippen molar-refractivity contribution in [2.24, 2.45) is 7.05 Å². The minimum absolute atomic E-state index is 0.345. The van der Waals surface area contributed by atoms with Crippen LogP contribution in [0.2, 0.25) is 10.0 Å². The first-order chi connectivity index (χ1) is 10.5. The number of nitrogens with one attached hydrogen (secondary N) is 1. The van der Waals surface area contributed by atoms with E-state index in [1.165, 1.54) is 10.6 Å². The van der Waals surface area contributed by atoms with Crippen molar-refractivity contribution in [3.63, 3.8) is 0 Å². The van der Waals surface area contributed by atoms with Gasteiger partial charge in [0.15, 0.2) is 5.58 Å². The van der Waals surface area contributed by atoms with Crippen LogP contribution in [-0.4, -0.2) is 10.5 Å². The molecule has 0 radical (unpaired) electrons. The van der Waals surface area contributed by atoms with Gasteiger partial charge in [-0.1, -0.05) is 23.2 Å². The van der Waals surface area contributed by atoms with Crippen molar-refractivity contribution < 1.29 is 9.21 Å². The van der Waals surface area contributed by atoms with Crippen LogP contribution < -0.4 is 11.1 Å². The van der Waals surface area contributed by atoms with Gasteiger partial charge in [-0.25, -0.2) is 4.79 Å².